The van der Waals surface area contributed by atoms with E-state index in [9.17, 15) is 4.79 Å². The highest BCUT2D eigenvalue weighted by molar-refractivity contribution is 5.86. The van der Waals surface area contributed by atoms with Gasteiger partial charge in [-0.3, -0.25) is 0 Å². The Hall–Kier alpha value is -1.43. The van der Waals surface area contributed by atoms with E-state index in [4.69, 9.17) is 5.11 Å². The van der Waals surface area contributed by atoms with Crippen molar-refractivity contribution in [3.8, 4) is 0 Å². The Morgan fingerprint density at radius 3 is 2.50 bits per heavy atom. The van der Waals surface area contributed by atoms with Crippen LogP contribution in [0, 0.1) is 0 Å². The van der Waals surface area contributed by atoms with Crippen molar-refractivity contribution in [2.45, 2.75) is 40.2 Å². The third-order valence-electron chi connectivity index (χ3n) is 3.05. The number of hydrogen-bond acceptors (Lipinski definition) is 4. The second-order valence-electron chi connectivity index (χ2n) is 4.19. The molecular formula is C12H22N4O2. The summed E-state index contributed by atoms with van der Waals surface area (Å²) in [6.07, 6.45) is 1.59. The van der Waals surface area contributed by atoms with Gasteiger partial charge < -0.3 is 10.0 Å². The minimum atomic E-state index is -0.993. The Labute approximate surface area is 108 Å². The molecule has 0 atom stereocenters. The van der Waals surface area contributed by atoms with Gasteiger partial charge >= 0.3 is 5.97 Å². The molecule has 102 valence electrons. The second kappa shape index (κ2) is 7.10. The summed E-state index contributed by atoms with van der Waals surface area (Å²) in [6, 6.07) is 0. The average Bonchev–Trinajstić information content (AvgIpc) is 2.74. The van der Waals surface area contributed by atoms with Crippen LogP contribution in [-0.4, -0.2) is 50.6 Å². The number of aromatic nitrogens is 3. The highest BCUT2D eigenvalue weighted by atomic mass is 16.4. The van der Waals surface area contributed by atoms with Gasteiger partial charge in [0.25, 0.3) is 0 Å². The number of likely N-dealkylation sites (N-methyl/N-ethyl adjacent to an activating group) is 1. The predicted octanol–water partition coefficient (Wildman–Crippen LogP) is 1.27. The molecule has 0 aliphatic heterocycles. The van der Waals surface area contributed by atoms with E-state index in [1.165, 1.54) is 0 Å². The van der Waals surface area contributed by atoms with Crippen LogP contribution < -0.4 is 0 Å². The number of nitrogens with zero attached hydrogens (tertiary/aromatic N) is 4. The Morgan fingerprint density at radius 2 is 2.00 bits per heavy atom. The van der Waals surface area contributed by atoms with Crippen LogP contribution in [0.1, 0.15) is 43.4 Å². The van der Waals surface area contributed by atoms with Gasteiger partial charge in [0.05, 0.1) is 12.2 Å². The first kappa shape index (κ1) is 14.6. The van der Waals surface area contributed by atoms with Crippen molar-refractivity contribution < 1.29 is 9.90 Å². The first-order valence-corrected chi connectivity index (χ1v) is 6.51. The summed E-state index contributed by atoms with van der Waals surface area (Å²) in [4.78, 5) is 13.3. The molecule has 1 N–H and O–H groups in total. The summed E-state index contributed by atoms with van der Waals surface area (Å²) in [7, 11) is 0. The van der Waals surface area contributed by atoms with Crippen LogP contribution >= 0.6 is 0 Å². The topological polar surface area (TPSA) is 71.2 Å². The van der Waals surface area contributed by atoms with Crippen molar-refractivity contribution in [2.75, 3.05) is 19.6 Å². The van der Waals surface area contributed by atoms with Crippen LogP contribution in [0.15, 0.2) is 0 Å². The highest BCUT2D eigenvalue weighted by Crippen LogP contribution is 2.08. The average molecular weight is 254 g/mol. The third-order valence-corrected chi connectivity index (χ3v) is 3.05. The summed E-state index contributed by atoms with van der Waals surface area (Å²) >= 11 is 0. The lowest BCUT2D eigenvalue weighted by Gasteiger charge is -2.18. The zero-order chi connectivity index (χ0) is 13.5. The van der Waals surface area contributed by atoms with E-state index < -0.39 is 5.97 Å². The Balaban J connectivity index is 2.78. The van der Waals surface area contributed by atoms with Crippen molar-refractivity contribution in [3.05, 3.63) is 11.4 Å². The summed E-state index contributed by atoms with van der Waals surface area (Å²) < 4.78 is 1.73. The largest absolute Gasteiger partial charge is 0.476 e. The Kier molecular flexibility index (Phi) is 5.77. The molecule has 0 bridgehead atoms. The third kappa shape index (κ3) is 3.53. The number of hydrogen-bond donors (Lipinski definition) is 1. The minimum Gasteiger partial charge on any atom is -0.476 e. The second-order valence-corrected chi connectivity index (χ2v) is 4.19. The summed E-state index contributed by atoms with van der Waals surface area (Å²) in [5.41, 5.74) is 0.827. The number of rotatable bonds is 8. The first-order chi connectivity index (χ1) is 8.63. The fourth-order valence-electron chi connectivity index (χ4n) is 1.94. The van der Waals surface area contributed by atoms with Crippen molar-refractivity contribution >= 4 is 5.97 Å². The molecule has 1 aromatic rings. The van der Waals surface area contributed by atoms with E-state index in [0.717, 1.165) is 31.7 Å². The predicted molar refractivity (Wildman–Crippen MR) is 68.8 cm³/mol. The maximum absolute atomic E-state index is 11.0. The van der Waals surface area contributed by atoms with Gasteiger partial charge in [-0.25, -0.2) is 9.48 Å². The van der Waals surface area contributed by atoms with E-state index in [2.05, 4.69) is 29.1 Å². The molecule has 0 radical (unpaired) electrons. The molecule has 0 aromatic carbocycles. The molecule has 18 heavy (non-hydrogen) atoms. The van der Waals surface area contributed by atoms with Crippen molar-refractivity contribution in [3.63, 3.8) is 0 Å². The number of carbonyl (C=O) groups is 1. The van der Waals surface area contributed by atoms with E-state index in [1.807, 2.05) is 6.92 Å². The SMILES string of the molecule is CCCc1c(C(=O)O)nnn1CCN(CC)CC. The van der Waals surface area contributed by atoms with Crippen LogP contribution in [0.25, 0.3) is 0 Å². The summed E-state index contributed by atoms with van der Waals surface area (Å²) in [6.45, 7) is 9.78. The molecule has 0 spiro atoms. The van der Waals surface area contributed by atoms with Gasteiger partial charge in [-0.15, -0.1) is 5.10 Å². The zero-order valence-electron chi connectivity index (χ0n) is 11.4. The van der Waals surface area contributed by atoms with Crippen LogP contribution in [0.3, 0.4) is 0 Å². The summed E-state index contributed by atoms with van der Waals surface area (Å²) in [5, 5.41) is 16.8. The Bertz CT molecular complexity index is 385. The molecule has 6 nitrogen and oxygen atoms in total. The van der Waals surface area contributed by atoms with Gasteiger partial charge in [0.1, 0.15) is 0 Å². The number of carboxylic acids is 1. The molecule has 0 saturated carbocycles. The van der Waals surface area contributed by atoms with Gasteiger partial charge in [0.15, 0.2) is 5.69 Å². The minimum absolute atomic E-state index is 0.0939. The fourth-order valence-corrected chi connectivity index (χ4v) is 1.94. The van der Waals surface area contributed by atoms with E-state index in [0.29, 0.717) is 13.0 Å². The van der Waals surface area contributed by atoms with Gasteiger partial charge in [-0.1, -0.05) is 32.4 Å². The molecular weight excluding hydrogens is 232 g/mol. The van der Waals surface area contributed by atoms with Crippen molar-refractivity contribution in [1.29, 1.82) is 0 Å². The van der Waals surface area contributed by atoms with Gasteiger partial charge in [-0.05, 0) is 19.5 Å². The molecule has 0 amide bonds. The molecule has 0 aliphatic carbocycles. The lowest BCUT2D eigenvalue weighted by molar-refractivity contribution is 0.0689. The smallest absolute Gasteiger partial charge is 0.358 e. The van der Waals surface area contributed by atoms with Gasteiger partial charge in [0.2, 0.25) is 0 Å². The summed E-state index contributed by atoms with van der Waals surface area (Å²) in [5.74, 6) is -0.993. The fraction of sp³-hybridized carbons (Fsp3) is 0.750. The lowest BCUT2D eigenvalue weighted by atomic mass is 10.2. The highest BCUT2D eigenvalue weighted by Gasteiger charge is 2.18. The quantitative estimate of drug-likeness (QED) is 0.756. The van der Waals surface area contributed by atoms with Gasteiger partial charge in [-0.2, -0.15) is 0 Å². The van der Waals surface area contributed by atoms with E-state index in [1.54, 1.807) is 4.68 Å². The molecule has 1 rings (SSSR count). The monoisotopic (exact) mass is 254 g/mol. The molecule has 1 heterocycles. The van der Waals surface area contributed by atoms with Crippen LogP contribution in [0.2, 0.25) is 0 Å². The maximum Gasteiger partial charge on any atom is 0.358 e. The molecule has 1 aromatic heterocycles. The number of aromatic carboxylic acids is 1. The Morgan fingerprint density at radius 1 is 1.33 bits per heavy atom. The van der Waals surface area contributed by atoms with Crippen molar-refractivity contribution in [1.82, 2.24) is 19.9 Å². The van der Waals surface area contributed by atoms with Crippen LogP contribution in [-0.2, 0) is 13.0 Å². The van der Waals surface area contributed by atoms with Crippen molar-refractivity contribution in [2.24, 2.45) is 0 Å². The molecule has 0 fully saturated rings. The molecule has 0 unspecified atom stereocenters. The lowest BCUT2D eigenvalue weighted by Crippen LogP contribution is -2.28. The van der Waals surface area contributed by atoms with Crippen LogP contribution in [0.5, 0.6) is 0 Å². The van der Waals surface area contributed by atoms with Gasteiger partial charge in [0, 0.05) is 6.54 Å². The normalized spacial score (nSPS) is 11.1. The zero-order valence-corrected chi connectivity index (χ0v) is 11.4. The first-order valence-electron chi connectivity index (χ1n) is 6.51. The van der Waals surface area contributed by atoms with E-state index in [-0.39, 0.29) is 5.69 Å². The molecule has 6 heteroatoms. The van der Waals surface area contributed by atoms with E-state index >= 15 is 0 Å². The maximum atomic E-state index is 11.0. The molecule has 0 aliphatic rings. The molecule has 0 saturated heterocycles. The standard InChI is InChI=1S/C12H22N4O2/c1-4-7-10-11(12(17)18)13-14-16(10)9-8-15(5-2)6-3/h4-9H2,1-3H3,(H,17,18). The van der Waals surface area contributed by atoms with Crippen LogP contribution in [0.4, 0.5) is 0 Å². The number of carboxylic acid groups (broad SMARTS) is 1.